The molecule has 25 heavy (non-hydrogen) atoms. The zero-order chi connectivity index (χ0) is 17.7. The number of nitrogen functional groups attached to an aromatic ring is 1. The third kappa shape index (κ3) is 2.39. The highest BCUT2D eigenvalue weighted by Crippen LogP contribution is 2.31. The lowest BCUT2D eigenvalue weighted by Crippen LogP contribution is -2.24. The Balaban J connectivity index is 1.84. The quantitative estimate of drug-likeness (QED) is 0.794. The molecule has 2 aromatic rings. The highest BCUT2D eigenvalue weighted by molar-refractivity contribution is 6.33. The number of halogens is 1. The van der Waals surface area contributed by atoms with Gasteiger partial charge in [0.1, 0.15) is 5.82 Å². The number of fused-ring (bicyclic) bond motifs is 1. The lowest BCUT2D eigenvalue weighted by Gasteiger charge is -2.20. The lowest BCUT2D eigenvalue weighted by molar-refractivity contribution is 0.0880. The second-order valence-corrected chi connectivity index (χ2v) is 6.51. The molecular weight excluding hydrogens is 344 g/mol. The molecule has 2 amide bonds. The number of carbonyl (C=O) groups excluding carboxylic acids is 2. The summed E-state index contributed by atoms with van der Waals surface area (Å²) in [4.78, 5) is 38.3. The van der Waals surface area contributed by atoms with Crippen molar-refractivity contribution in [2.24, 2.45) is 0 Å². The van der Waals surface area contributed by atoms with Crippen molar-refractivity contribution in [3.8, 4) is 5.69 Å². The number of amides is 2. The molecule has 0 radical (unpaired) electrons. The number of nitrogens with two attached hydrogens (primary N) is 1. The summed E-state index contributed by atoms with van der Waals surface area (Å²) < 4.78 is 1.19. The number of carbonyl (C=O) groups is 2. The van der Waals surface area contributed by atoms with E-state index in [-0.39, 0.29) is 16.9 Å². The molecule has 0 unspecified atom stereocenters. The molecule has 2 aliphatic heterocycles. The number of benzene rings is 1. The van der Waals surface area contributed by atoms with Gasteiger partial charge in [0, 0.05) is 19.2 Å². The van der Waals surface area contributed by atoms with E-state index in [1.807, 2.05) is 6.07 Å². The molecule has 3 N–H and O–H groups in total. The highest BCUT2D eigenvalue weighted by atomic mass is 35.5. The molecule has 1 aromatic carbocycles. The SMILES string of the molecule is Nc1c2c(cc(=O)n1-c1ccc(N3CCCC3)c(Cl)c1)C(=O)NC2=O. The highest BCUT2D eigenvalue weighted by Gasteiger charge is 2.32. The van der Waals surface area contributed by atoms with E-state index in [1.165, 1.54) is 4.57 Å². The minimum absolute atomic E-state index is 0.00327. The van der Waals surface area contributed by atoms with Crippen LogP contribution in [0.5, 0.6) is 0 Å². The Morgan fingerprint density at radius 1 is 1.04 bits per heavy atom. The van der Waals surface area contributed by atoms with Crippen LogP contribution in [-0.2, 0) is 0 Å². The van der Waals surface area contributed by atoms with Crippen molar-refractivity contribution >= 4 is 34.9 Å². The fourth-order valence-electron chi connectivity index (χ4n) is 3.40. The number of pyridine rings is 1. The van der Waals surface area contributed by atoms with Crippen molar-refractivity contribution in [1.82, 2.24) is 9.88 Å². The summed E-state index contributed by atoms with van der Waals surface area (Å²) in [7, 11) is 0. The van der Waals surface area contributed by atoms with Crippen LogP contribution in [0.1, 0.15) is 33.6 Å². The fraction of sp³-hybridized carbons (Fsp3) is 0.235. The van der Waals surface area contributed by atoms with Gasteiger partial charge in [-0.25, -0.2) is 0 Å². The first-order valence-electron chi connectivity index (χ1n) is 7.93. The molecule has 128 valence electrons. The molecule has 8 heteroatoms. The van der Waals surface area contributed by atoms with Crippen molar-refractivity contribution in [3.63, 3.8) is 0 Å². The molecular formula is C17H15ClN4O3. The van der Waals surface area contributed by atoms with Crippen LogP contribution in [0.15, 0.2) is 29.1 Å². The minimum atomic E-state index is -0.613. The first-order chi connectivity index (χ1) is 12.0. The molecule has 0 aliphatic carbocycles. The average Bonchev–Trinajstić information content (AvgIpc) is 3.16. The zero-order valence-electron chi connectivity index (χ0n) is 13.2. The molecule has 0 spiro atoms. The third-order valence-corrected chi connectivity index (χ3v) is 4.89. The van der Waals surface area contributed by atoms with Crippen LogP contribution in [0.25, 0.3) is 5.69 Å². The molecule has 0 atom stereocenters. The summed E-state index contributed by atoms with van der Waals surface area (Å²) in [6.45, 7) is 1.89. The Labute approximate surface area is 148 Å². The molecule has 1 saturated heterocycles. The molecule has 7 nitrogen and oxygen atoms in total. The summed E-state index contributed by atoms with van der Waals surface area (Å²) in [5.74, 6) is -1.29. The summed E-state index contributed by atoms with van der Waals surface area (Å²) in [6, 6.07) is 6.34. The monoisotopic (exact) mass is 358 g/mol. The molecule has 3 heterocycles. The van der Waals surface area contributed by atoms with Crippen molar-refractivity contribution in [3.05, 3.63) is 50.8 Å². The predicted molar refractivity (Wildman–Crippen MR) is 94.7 cm³/mol. The fourth-order valence-corrected chi connectivity index (χ4v) is 3.69. The first-order valence-corrected chi connectivity index (χ1v) is 8.31. The van der Waals surface area contributed by atoms with Gasteiger partial charge in [-0.15, -0.1) is 0 Å². The molecule has 4 rings (SSSR count). The van der Waals surface area contributed by atoms with Crippen LogP contribution in [0.3, 0.4) is 0 Å². The van der Waals surface area contributed by atoms with E-state index in [2.05, 4.69) is 10.2 Å². The van der Waals surface area contributed by atoms with Crippen molar-refractivity contribution in [2.75, 3.05) is 23.7 Å². The summed E-state index contributed by atoms with van der Waals surface area (Å²) in [5, 5.41) is 2.65. The number of aromatic nitrogens is 1. The number of rotatable bonds is 2. The Kier molecular flexibility index (Phi) is 3.54. The van der Waals surface area contributed by atoms with Gasteiger partial charge in [0.2, 0.25) is 0 Å². The summed E-state index contributed by atoms with van der Waals surface area (Å²) >= 11 is 6.40. The molecule has 1 aromatic heterocycles. The number of anilines is 2. The van der Waals surface area contributed by atoms with Gasteiger partial charge in [0.05, 0.1) is 27.5 Å². The van der Waals surface area contributed by atoms with Gasteiger partial charge in [-0.05, 0) is 31.0 Å². The van der Waals surface area contributed by atoms with Crippen LogP contribution in [-0.4, -0.2) is 29.5 Å². The van der Waals surface area contributed by atoms with E-state index < -0.39 is 17.4 Å². The van der Waals surface area contributed by atoms with E-state index in [9.17, 15) is 14.4 Å². The topological polar surface area (TPSA) is 97.4 Å². The molecule has 2 aliphatic rings. The number of imide groups is 1. The Morgan fingerprint density at radius 3 is 2.44 bits per heavy atom. The Morgan fingerprint density at radius 2 is 1.76 bits per heavy atom. The Bertz CT molecular complexity index is 977. The molecule has 0 saturated carbocycles. The van der Waals surface area contributed by atoms with Crippen LogP contribution >= 0.6 is 11.6 Å². The second kappa shape index (κ2) is 5.63. The Hall–Kier alpha value is -2.80. The van der Waals surface area contributed by atoms with Crippen LogP contribution in [0.4, 0.5) is 11.5 Å². The number of hydrogen-bond acceptors (Lipinski definition) is 5. The predicted octanol–water partition coefficient (Wildman–Crippen LogP) is 1.56. The van der Waals surface area contributed by atoms with Gasteiger partial charge >= 0.3 is 0 Å². The second-order valence-electron chi connectivity index (χ2n) is 6.11. The molecule has 0 bridgehead atoms. The maximum atomic E-state index is 12.4. The van der Waals surface area contributed by atoms with E-state index in [1.54, 1.807) is 12.1 Å². The van der Waals surface area contributed by atoms with Crippen molar-refractivity contribution < 1.29 is 9.59 Å². The van der Waals surface area contributed by atoms with Gasteiger partial charge in [-0.3, -0.25) is 24.3 Å². The maximum absolute atomic E-state index is 12.4. The van der Waals surface area contributed by atoms with Crippen LogP contribution in [0.2, 0.25) is 5.02 Å². The van der Waals surface area contributed by atoms with Gasteiger partial charge in [-0.2, -0.15) is 0 Å². The minimum Gasteiger partial charge on any atom is -0.384 e. The smallest absolute Gasteiger partial charge is 0.262 e. The van der Waals surface area contributed by atoms with E-state index in [0.29, 0.717) is 10.7 Å². The van der Waals surface area contributed by atoms with E-state index >= 15 is 0 Å². The normalized spacial score (nSPS) is 16.3. The van der Waals surface area contributed by atoms with Gasteiger partial charge in [-0.1, -0.05) is 11.6 Å². The third-order valence-electron chi connectivity index (χ3n) is 4.59. The van der Waals surface area contributed by atoms with Crippen molar-refractivity contribution in [1.29, 1.82) is 0 Å². The zero-order valence-corrected chi connectivity index (χ0v) is 14.0. The lowest BCUT2D eigenvalue weighted by atomic mass is 10.1. The first kappa shape index (κ1) is 15.7. The van der Waals surface area contributed by atoms with Gasteiger partial charge < -0.3 is 10.6 Å². The summed E-state index contributed by atoms with van der Waals surface area (Å²) in [6.07, 6.45) is 2.25. The van der Waals surface area contributed by atoms with E-state index in [4.69, 9.17) is 17.3 Å². The molecule has 1 fully saturated rings. The standard InChI is InChI=1S/C17H15ClN4O3/c18-11-7-9(3-4-12(11)21-5-1-2-6-21)22-13(23)8-10-14(15(22)19)17(25)20-16(10)24/h3-4,7-8H,1-2,5-6,19H2,(H,20,24,25). The average molecular weight is 359 g/mol. The van der Waals surface area contributed by atoms with Crippen molar-refractivity contribution in [2.45, 2.75) is 12.8 Å². The number of hydrogen-bond donors (Lipinski definition) is 2. The number of nitrogens with zero attached hydrogens (tertiary/aromatic N) is 2. The van der Waals surface area contributed by atoms with Crippen LogP contribution < -0.4 is 21.5 Å². The van der Waals surface area contributed by atoms with Gasteiger partial charge in [0.25, 0.3) is 17.4 Å². The maximum Gasteiger partial charge on any atom is 0.262 e. The number of nitrogens with one attached hydrogen (secondary N) is 1. The largest absolute Gasteiger partial charge is 0.384 e. The van der Waals surface area contributed by atoms with E-state index in [0.717, 1.165) is 37.7 Å². The summed E-state index contributed by atoms with van der Waals surface area (Å²) in [5.41, 5.74) is 6.91. The van der Waals surface area contributed by atoms with Crippen LogP contribution in [0, 0.1) is 0 Å². The van der Waals surface area contributed by atoms with Gasteiger partial charge in [0.15, 0.2) is 0 Å².